The second kappa shape index (κ2) is 7.99. The Morgan fingerprint density at radius 3 is 2.17 bits per heavy atom. The zero-order chi connectivity index (χ0) is 16.9. The number of hydrogen-bond acceptors (Lipinski definition) is 4. The zero-order valence-corrected chi connectivity index (χ0v) is 15.3. The highest BCUT2D eigenvalue weighted by atomic mass is 32.2. The van der Waals surface area contributed by atoms with Crippen molar-refractivity contribution in [3.8, 4) is 0 Å². The number of thioether (sulfide) groups is 1. The van der Waals surface area contributed by atoms with Crippen LogP contribution in [0.5, 0.6) is 0 Å². The first kappa shape index (κ1) is 18.0. The molecule has 23 heavy (non-hydrogen) atoms. The summed E-state index contributed by atoms with van der Waals surface area (Å²) in [6, 6.07) is 17.6. The van der Waals surface area contributed by atoms with Crippen molar-refractivity contribution in [1.82, 2.24) is 5.32 Å². The lowest BCUT2D eigenvalue weighted by Gasteiger charge is -2.18. The predicted octanol–water partition coefficient (Wildman–Crippen LogP) is 3.92. The predicted molar refractivity (Wildman–Crippen MR) is 97.7 cm³/mol. The lowest BCUT2D eigenvalue weighted by molar-refractivity contribution is 0.575. The average molecular weight is 350 g/mol. The normalized spacial score (nSPS) is 14.4. The molecule has 0 spiro atoms. The van der Waals surface area contributed by atoms with Gasteiger partial charge in [-0.3, -0.25) is 0 Å². The Balaban J connectivity index is 1.88. The zero-order valence-electron chi connectivity index (χ0n) is 13.7. The standard InChI is InChI=1S/C18H23NO2S2/c1-14(22-17-7-5-4-6-8-17)13-19-15(2)16-9-11-18(12-10-16)23(3,20)21/h4-12,14-15,19H,13H2,1-3H3/t14-,15+/m1/s1. The molecule has 2 atom stereocenters. The lowest BCUT2D eigenvalue weighted by Crippen LogP contribution is -2.25. The van der Waals surface area contributed by atoms with Gasteiger partial charge in [0.25, 0.3) is 0 Å². The van der Waals surface area contributed by atoms with E-state index in [0.29, 0.717) is 10.1 Å². The highest BCUT2D eigenvalue weighted by Gasteiger charge is 2.11. The van der Waals surface area contributed by atoms with Crippen LogP contribution in [0.4, 0.5) is 0 Å². The van der Waals surface area contributed by atoms with E-state index in [1.807, 2.05) is 30.0 Å². The molecule has 0 aliphatic carbocycles. The molecular weight excluding hydrogens is 326 g/mol. The fourth-order valence-corrected chi connectivity index (χ4v) is 3.83. The molecule has 0 saturated heterocycles. The SMILES string of the molecule is C[C@H](CN[C@@H](C)c1ccc(S(C)(=O)=O)cc1)Sc1ccccc1. The van der Waals surface area contributed by atoms with E-state index in [9.17, 15) is 8.42 Å². The van der Waals surface area contributed by atoms with Crippen LogP contribution >= 0.6 is 11.8 Å². The van der Waals surface area contributed by atoms with Crippen LogP contribution in [-0.4, -0.2) is 26.5 Å². The average Bonchev–Trinajstić information content (AvgIpc) is 2.53. The Bertz CT molecular complexity index is 712. The molecule has 0 unspecified atom stereocenters. The summed E-state index contributed by atoms with van der Waals surface area (Å²) in [6.07, 6.45) is 1.23. The molecule has 3 nitrogen and oxygen atoms in total. The highest BCUT2D eigenvalue weighted by molar-refractivity contribution is 8.00. The third-order valence-electron chi connectivity index (χ3n) is 3.60. The van der Waals surface area contributed by atoms with Gasteiger partial charge < -0.3 is 5.32 Å². The summed E-state index contributed by atoms with van der Waals surface area (Å²) < 4.78 is 23.0. The molecule has 0 saturated carbocycles. The molecule has 1 N–H and O–H groups in total. The van der Waals surface area contributed by atoms with E-state index in [4.69, 9.17) is 0 Å². The Labute approximate surface area is 143 Å². The van der Waals surface area contributed by atoms with Gasteiger partial charge in [0.05, 0.1) is 4.90 Å². The van der Waals surface area contributed by atoms with Crippen molar-refractivity contribution in [2.45, 2.75) is 34.9 Å². The van der Waals surface area contributed by atoms with Gasteiger partial charge in [-0.1, -0.05) is 37.3 Å². The summed E-state index contributed by atoms with van der Waals surface area (Å²) in [5.41, 5.74) is 1.09. The third kappa shape index (κ3) is 5.68. The number of sulfone groups is 1. The van der Waals surface area contributed by atoms with Crippen molar-refractivity contribution in [1.29, 1.82) is 0 Å². The summed E-state index contributed by atoms with van der Waals surface area (Å²) in [6.45, 7) is 5.17. The van der Waals surface area contributed by atoms with Gasteiger partial charge in [0.1, 0.15) is 0 Å². The Morgan fingerprint density at radius 2 is 1.61 bits per heavy atom. The topological polar surface area (TPSA) is 46.2 Å². The van der Waals surface area contributed by atoms with Gasteiger partial charge in [-0.05, 0) is 36.8 Å². The summed E-state index contributed by atoms with van der Waals surface area (Å²) in [7, 11) is -3.13. The minimum atomic E-state index is -3.13. The van der Waals surface area contributed by atoms with Gasteiger partial charge in [0.15, 0.2) is 9.84 Å². The minimum absolute atomic E-state index is 0.183. The summed E-state index contributed by atoms with van der Waals surface area (Å²) >= 11 is 1.84. The molecule has 5 heteroatoms. The van der Waals surface area contributed by atoms with Crippen LogP contribution in [0.2, 0.25) is 0 Å². The van der Waals surface area contributed by atoms with Crippen molar-refractivity contribution >= 4 is 21.6 Å². The van der Waals surface area contributed by atoms with Gasteiger partial charge >= 0.3 is 0 Å². The molecule has 2 aromatic rings. The Morgan fingerprint density at radius 1 is 1.00 bits per heavy atom. The van der Waals surface area contributed by atoms with Gasteiger partial charge in [-0.25, -0.2) is 8.42 Å². The van der Waals surface area contributed by atoms with Gasteiger partial charge in [-0.2, -0.15) is 0 Å². The summed E-state index contributed by atoms with van der Waals surface area (Å²) in [5, 5.41) is 3.96. The fraction of sp³-hybridized carbons (Fsp3) is 0.333. The van der Waals surface area contributed by atoms with Crippen LogP contribution in [-0.2, 0) is 9.84 Å². The number of nitrogens with one attached hydrogen (secondary N) is 1. The van der Waals surface area contributed by atoms with E-state index in [1.165, 1.54) is 11.2 Å². The molecule has 0 fully saturated rings. The molecule has 0 aliphatic rings. The largest absolute Gasteiger partial charge is 0.309 e. The smallest absolute Gasteiger partial charge is 0.175 e. The molecule has 2 aromatic carbocycles. The van der Waals surface area contributed by atoms with Crippen LogP contribution < -0.4 is 5.32 Å². The number of hydrogen-bond donors (Lipinski definition) is 1. The quantitative estimate of drug-likeness (QED) is 0.770. The van der Waals surface area contributed by atoms with Gasteiger partial charge in [0, 0.05) is 29.0 Å². The molecule has 0 amide bonds. The van der Waals surface area contributed by atoms with E-state index in [1.54, 1.807) is 12.1 Å². The molecular formula is C18H23NO2S2. The van der Waals surface area contributed by atoms with Crippen LogP contribution in [0.15, 0.2) is 64.4 Å². The molecule has 124 valence electrons. The van der Waals surface area contributed by atoms with Crippen LogP contribution in [0.25, 0.3) is 0 Å². The van der Waals surface area contributed by atoms with Gasteiger partial charge in [0.2, 0.25) is 0 Å². The second-order valence-electron chi connectivity index (χ2n) is 5.71. The van der Waals surface area contributed by atoms with Crippen molar-refractivity contribution in [2.24, 2.45) is 0 Å². The van der Waals surface area contributed by atoms with E-state index in [-0.39, 0.29) is 6.04 Å². The van der Waals surface area contributed by atoms with E-state index in [0.717, 1.165) is 12.1 Å². The van der Waals surface area contributed by atoms with Crippen LogP contribution in [0.1, 0.15) is 25.5 Å². The van der Waals surface area contributed by atoms with Crippen molar-refractivity contribution < 1.29 is 8.42 Å². The van der Waals surface area contributed by atoms with E-state index < -0.39 is 9.84 Å². The highest BCUT2D eigenvalue weighted by Crippen LogP contribution is 2.23. The molecule has 0 aromatic heterocycles. The van der Waals surface area contributed by atoms with E-state index in [2.05, 4.69) is 43.4 Å². The van der Waals surface area contributed by atoms with Crippen molar-refractivity contribution in [3.63, 3.8) is 0 Å². The molecule has 2 rings (SSSR count). The van der Waals surface area contributed by atoms with Crippen LogP contribution in [0, 0.1) is 0 Å². The first-order valence-corrected chi connectivity index (χ1v) is 10.4. The fourth-order valence-electron chi connectivity index (χ4n) is 2.24. The first-order valence-electron chi connectivity index (χ1n) is 7.61. The molecule has 0 radical (unpaired) electrons. The van der Waals surface area contributed by atoms with Crippen LogP contribution in [0.3, 0.4) is 0 Å². The van der Waals surface area contributed by atoms with Crippen molar-refractivity contribution in [3.05, 3.63) is 60.2 Å². The third-order valence-corrected chi connectivity index (χ3v) is 5.84. The van der Waals surface area contributed by atoms with Crippen molar-refractivity contribution in [2.75, 3.05) is 12.8 Å². The Kier molecular flexibility index (Phi) is 6.27. The second-order valence-corrected chi connectivity index (χ2v) is 9.24. The van der Waals surface area contributed by atoms with Gasteiger partial charge in [-0.15, -0.1) is 11.8 Å². The number of benzene rings is 2. The summed E-state index contributed by atoms with van der Waals surface area (Å²) in [4.78, 5) is 1.63. The maximum Gasteiger partial charge on any atom is 0.175 e. The maximum atomic E-state index is 11.5. The minimum Gasteiger partial charge on any atom is -0.309 e. The molecule has 0 bridgehead atoms. The molecule has 0 aliphatic heterocycles. The number of rotatable bonds is 7. The monoisotopic (exact) mass is 349 g/mol. The maximum absolute atomic E-state index is 11.5. The first-order chi connectivity index (χ1) is 10.9. The molecule has 0 heterocycles. The summed E-state index contributed by atoms with van der Waals surface area (Å²) in [5.74, 6) is 0. The lowest BCUT2D eigenvalue weighted by atomic mass is 10.1. The Hall–Kier alpha value is -1.30. The van der Waals surface area contributed by atoms with E-state index >= 15 is 0 Å².